The van der Waals surface area contributed by atoms with Gasteiger partial charge in [0.15, 0.2) is 0 Å². The van der Waals surface area contributed by atoms with Crippen LogP contribution in [0.25, 0.3) is 10.4 Å². The molecule has 3 aromatic carbocycles. The molecule has 0 aliphatic heterocycles. The van der Waals surface area contributed by atoms with Crippen molar-refractivity contribution in [3.63, 3.8) is 0 Å². The molecule has 0 aliphatic carbocycles. The van der Waals surface area contributed by atoms with Gasteiger partial charge in [-0.2, -0.15) is 0 Å². The Hall–Kier alpha value is -5.66. The smallest absolute Gasteiger partial charge is 0.248 e. The van der Waals surface area contributed by atoms with E-state index in [1.54, 1.807) is 19.3 Å². The van der Waals surface area contributed by atoms with E-state index < -0.39 is 0 Å². The molecule has 0 fully saturated rings. The fraction of sp³-hybridized carbons (Fsp3) is 0.306. The number of carbonyl (C=O) groups excluding carboxylic acids is 1. The summed E-state index contributed by atoms with van der Waals surface area (Å²) in [5.74, 6) is 2.64. The third-order valence-corrected chi connectivity index (χ3v) is 7.18. The number of anilines is 4. The van der Waals surface area contributed by atoms with Gasteiger partial charge in [0, 0.05) is 62.6 Å². The van der Waals surface area contributed by atoms with Gasteiger partial charge < -0.3 is 39.4 Å². The number of aromatic nitrogens is 2. The number of likely N-dealkylation sites (N-methyl/N-ethyl adjacent to an activating group) is 2. The molecule has 4 aromatic rings. The second-order valence-electron chi connectivity index (χ2n) is 10.9. The van der Waals surface area contributed by atoms with Crippen molar-refractivity contribution >= 4 is 28.8 Å². The van der Waals surface area contributed by atoms with Gasteiger partial charge in [0.05, 0.1) is 31.2 Å². The standard InChI is InChI=1S/C36H43N9O5/c1-4-45(21-23-47-3)33-17-12-28(25-32(33)42-35(46)11-8-19-44(2)20-24-48-22-18-40-43-37)41-34-26-36(39-27-38-34)50-31-15-13-30(14-16-31)49-29-9-6-5-7-10-29/h5-17,25-27H,4,18-24H2,1-3H3,(H,42,46)(H,38,39,41)/b11-8+. The maximum atomic E-state index is 13.0. The van der Waals surface area contributed by atoms with E-state index in [2.05, 4.69) is 42.5 Å². The molecule has 14 heteroatoms. The summed E-state index contributed by atoms with van der Waals surface area (Å²) in [7, 11) is 3.60. The number of benzene rings is 3. The Bertz CT molecular complexity index is 1700. The molecule has 14 nitrogen and oxygen atoms in total. The molecule has 4 rings (SSSR count). The third-order valence-electron chi connectivity index (χ3n) is 7.18. The molecule has 2 N–H and O–H groups in total. The number of para-hydroxylation sites is 1. The molecule has 1 heterocycles. The number of hydrogen-bond acceptors (Lipinski definition) is 11. The van der Waals surface area contributed by atoms with Crippen molar-refractivity contribution in [1.29, 1.82) is 0 Å². The first-order chi connectivity index (χ1) is 24.5. The molecule has 0 spiro atoms. The highest BCUT2D eigenvalue weighted by molar-refractivity contribution is 6.02. The summed E-state index contributed by atoms with van der Waals surface area (Å²) in [6.07, 6.45) is 4.73. The first kappa shape index (κ1) is 37.2. The van der Waals surface area contributed by atoms with E-state index in [-0.39, 0.29) is 5.91 Å². The molecule has 0 saturated carbocycles. The first-order valence-corrected chi connectivity index (χ1v) is 16.2. The van der Waals surface area contributed by atoms with Gasteiger partial charge in [-0.05, 0) is 74.1 Å². The highest BCUT2D eigenvalue weighted by Crippen LogP contribution is 2.32. The number of methoxy groups -OCH3 is 1. The van der Waals surface area contributed by atoms with Crippen molar-refractivity contribution < 1.29 is 23.7 Å². The fourth-order valence-electron chi connectivity index (χ4n) is 4.65. The molecule has 50 heavy (non-hydrogen) atoms. The average Bonchev–Trinajstić information content (AvgIpc) is 3.12. The van der Waals surface area contributed by atoms with Crippen molar-refractivity contribution in [2.75, 3.05) is 82.2 Å². The van der Waals surface area contributed by atoms with Gasteiger partial charge in [0.25, 0.3) is 0 Å². The monoisotopic (exact) mass is 681 g/mol. The maximum absolute atomic E-state index is 13.0. The maximum Gasteiger partial charge on any atom is 0.248 e. The van der Waals surface area contributed by atoms with Crippen molar-refractivity contribution in [2.45, 2.75) is 6.92 Å². The van der Waals surface area contributed by atoms with Crippen LogP contribution in [0.4, 0.5) is 22.9 Å². The van der Waals surface area contributed by atoms with E-state index in [0.29, 0.717) is 80.6 Å². The van der Waals surface area contributed by atoms with Crippen LogP contribution in [0.1, 0.15) is 6.92 Å². The van der Waals surface area contributed by atoms with Crippen molar-refractivity contribution in [3.05, 3.63) is 108 Å². The van der Waals surface area contributed by atoms with Crippen LogP contribution in [0.5, 0.6) is 23.1 Å². The molecule has 1 amide bonds. The lowest BCUT2D eigenvalue weighted by molar-refractivity contribution is -0.111. The van der Waals surface area contributed by atoms with Crippen LogP contribution in [0, 0.1) is 0 Å². The Kier molecular flexibility index (Phi) is 15.3. The number of azide groups is 1. The van der Waals surface area contributed by atoms with Crippen LogP contribution in [0.2, 0.25) is 0 Å². The van der Waals surface area contributed by atoms with Crippen LogP contribution >= 0.6 is 0 Å². The first-order valence-electron chi connectivity index (χ1n) is 16.2. The third kappa shape index (κ3) is 12.7. The van der Waals surface area contributed by atoms with Gasteiger partial charge in [0.2, 0.25) is 11.8 Å². The molecule has 0 saturated heterocycles. The van der Waals surface area contributed by atoms with Crippen molar-refractivity contribution in [2.24, 2.45) is 5.11 Å². The normalized spacial score (nSPS) is 10.9. The Morgan fingerprint density at radius 2 is 1.70 bits per heavy atom. The van der Waals surface area contributed by atoms with E-state index in [1.807, 2.05) is 84.7 Å². The van der Waals surface area contributed by atoms with Gasteiger partial charge in [-0.3, -0.25) is 4.79 Å². The zero-order valence-electron chi connectivity index (χ0n) is 28.6. The van der Waals surface area contributed by atoms with Crippen molar-refractivity contribution in [1.82, 2.24) is 14.9 Å². The lowest BCUT2D eigenvalue weighted by Crippen LogP contribution is -2.28. The number of rotatable bonds is 21. The summed E-state index contributed by atoms with van der Waals surface area (Å²) in [4.78, 5) is 28.5. The summed E-state index contributed by atoms with van der Waals surface area (Å²) >= 11 is 0. The van der Waals surface area contributed by atoms with Crippen molar-refractivity contribution in [3.8, 4) is 23.1 Å². The fourth-order valence-corrected chi connectivity index (χ4v) is 4.65. The van der Waals surface area contributed by atoms with Gasteiger partial charge >= 0.3 is 0 Å². The Labute approximate surface area is 292 Å². The average molecular weight is 682 g/mol. The molecular formula is C36H43N9O5. The van der Waals surface area contributed by atoms with Crippen LogP contribution in [-0.2, 0) is 14.3 Å². The van der Waals surface area contributed by atoms with Gasteiger partial charge in [-0.15, -0.1) is 0 Å². The predicted octanol–water partition coefficient (Wildman–Crippen LogP) is 7.03. The second kappa shape index (κ2) is 20.6. The van der Waals surface area contributed by atoms with E-state index in [4.69, 9.17) is 24.5 Å². The minimum atomic E-state index is -0.261. The molecule has 262 valence electrons. The van der Waals surface area contributed by atoms with E-state index in [9.17, 15) is 4.79 Å². The van der Waals surface area contributed by atoms with E-state index >= 15 is 0 Å². The minimum absolute atomic E-state index is 0.261. The van der Waals surface area contributed by atoms with E-state index in [0.717, 1.165) is 18.0 Å². The SMILES string of the molecule is CCN(CCOC)c1ccc(Nc2cc(Oc3ccc(Oc4ccccc4)cc3)ncn2)cc1NC(=O)/C=C/CN(C)CCOCCN=[N+]=[N-]. The molecule has 0 unspecified atom stereocenters. The number of nitrogens with one attached hydrogen (secondary N) is 2. The summed E-state index contributed by atoms with van der Waals surface area (Å²) < 4.78 is 22.6. The molecule has 0 aliphatic rings. The molecule has 0 radical (unpaired) electrons. The topological polar surface area (TPSA) is 159 Å². The van der Waals surface area contributed by atoms with Gasteiger partial charge in [0.1, 0.15) is 29.4 Å². The molecular weight excluding hydrogens is 638 g/mol. The van der Waals surface area contributed by atoms with Crippen LogP contribution < -0.4 is 25.0 Å². The zero-order chi connectivity index (χ0) is 35.4. The number of carbonyl (C=O) groups is 1. The van der Waals surface area contributed by atoms with Crippen LogP contribution in [0.3, 0.4) is 0 Å². The zero-order valence-corrected chi connectivity index (χ0v) is 28.6. The van der Waals surface area contributed by atoms with Gasteiger partial charge in [-0.25, -0.2) is 9.97 Å². The lowest BCUT2D eigenvalue weighted by Gasteiger charge is -2.26. The second-order valence-corrected chi connectivity index (χ2v) is 10.9. The number of ether oxygens (including phenoxy) is 4. The lowest BCUT2D eigenvalue weighted by atomic mass is 10.2. The van der Waals surface area contributed by atoms with Crippen LogP contribution in [-0.4, -0.2) is 87.5 Å². The number of nitrogens with zero attached hydrogens (tertiary/aromatic N) is 7. The van der Waals surface area contributed by atoms with Crippen LogP contribution in [0.15, 0.2) is 102 Å². The number of hydrogen-bond donors (Lipinski definition) is 2. The Morgan fingerprint density at radius 1 is 0.940 bits per heavy atom. The summed E-state index contributed by atoms with van der Waals surface area (Å²) in [5.41, 5.74) is 10.5. The summed E-state index contributed by atoms with van der Waals surface area (Å²) in [5, 5.41) is 9.78. The Morgan fingerprint density at radius 3 is 2.44 bits per heavy atom. The summed E-state index contributed by atoms with van der Waals surface area (Å²) in [6, 6.07) is 24.3. The summed E-state index contributed by atoms with van der Waals surface area (Å²) in [6.45, 7) is 6.35. The number of amides is 1. The van der Waals surface area contributed by atoms with E-state index in [1.165, 1.54) is 12.4 Å². The van der Waals surface area contributed by atoms with Gasteiger partial charge in [-0.1, -0.05) is 29.4 Å². The quantitative estimate of drug-likeness (QED) is 0.0307. The highest BCUT2D eigenvalue weighted by atomic mass is 16.5. The predicted molar refractivity (Wildman–Crippen MR) is 195 cm³/mol. The molecule has 0 atom stereocenters. The minimum Gasteiger partial charge on any atom is -0.457 e. The highest BCUT2D eigenvalue weighted by Gasteiger charge is 2.14. The molecule has 0 bridgehead atoms. The molecule has 1 aromatic heterocycles. The largest absolute Gasteiger partial charge is 0.457 e. The Balaban J connectivity index is 1.40.